The predicted octanol–water partition coefficient (Wildman–Crippen LogP) is 2.52. The maximum absolute atomic E-state index is 3.53. The molecular weight excluding hydrogens is 166 g/mol. The molecule has 0 amide bonds. The minimum atomic E-state index is 0.790. The first kappa shape index (κ1) is 10.4. The quantitative estimate of drug-likeness (QED) is 0.726. The monoisotopic (exact) mass is 187 g/mol. The van der Waals surface area contributed by atoms with Gasteiger partial charge in [0.15, 0.2) is 0 Å². The number of hydrogen-bond donors (Lipinski definition) is 1. The number of hydrogen-bond acceptors (Lipinski definition) is 2. The van der Waals surface area contributed by atoms with Gasteiger partial charge in [0, 0.05) is 11.8 Å². The minimum absolute atomic E-state index is 0.790. The summed E-state index contributed by atoms with van der Waals surface area (Å²) in [6.45, 7) is 6.93. The van der Waals surface area contributed by atoms with E-state index in [4.69, 9.17) is 0 Å². The van der Waals surface area contributed by atoms with Crippen molar-refractivity contribution in [3.8, 4) is 0 Å². The highest BCUT2D eigenvalue weighted by Gasteiger charge is 2.12. The molecule has 1 unspecified atom stereocenters. The van der Waals surface area contributed by atoms with Gasteiger partial charge in [0.25, 0.3) is 0 Å². The number of thioether (sulfide) groups is 1. The van der Waals surface area contributed by atoms with Gasteiger partial charge in [-0.25, -0.2) is 0 Å². The molecule has 1 nitrogen and oxygen atoms in total. The highest BCUT2D eigenvalue weighted by atomic mass is 32.2. The lowest BCUT2D eigenvalue weighted by Gasteiger charge is -2.21. The fourth-order valence-corrected chi connectivity index (χ4v) is 2.77. The predicted molar refractivity (Wildman–Crippen MR) is 57.8 cm³/mol. The Labute approximate surface area is 80.7 Å². The Morgan fingerprint density at radius 2 is 2.25 bits per heavy atom. The zero-order valence-electron chi connectivity index (χ0n) is 8.31. The van der Waals surface area contributed by atoms with Crippen LogP contribution in [0.5, 0.6) is 0 Å². The summed E-state index contributed by atoms with van der Waals surface area (Å²) in [5.74, 6) is 2.17. The molecule has 0 aromatic rings. The Hall–Kier alpha value is 0.310. The standard InChI is InChI=1S/C10H21NS/c1-9(2)7-11-8-10-5-3-4-6-12-10/h9-11H,3-8H2,1-2H3. The van der Waals surface area contributed by atoms with E-state index in [-0.39, 0.29) is 0 Å². The van der Waals surface area contributed by atoms with Gasteiger partial charge in [0.05, 0.1) is 0 Å². The van der Waals surface area contributed by atoms with Crippen molar-refractivity contribution in [1.82, 2.24) is 5.32 Å². The summed E-state index contributed by atoms with van der Waals surface area (Å²) in [7, 11) is 0. The average Bonchev–Trinajstić information content (AvgIpc) is 2.05. The van der Waals surface area contributed by atoms with Gasteiger partial charge in [-0.15, -0.1) is 0 Å². The van der Waals surface area contributed by atoms with E-state index in [0.717, 1.165) is 11.2 Å². The van der Waals surface area contributed by atoms with Gasteiger partial charge in [-0.05, 0) is 31.1 Å². The highest BCUT2D eigenvalue weighted by molar-refractivity contribution is 7.99. The maximum Gasteiger partial charge on any atom is 0.0172 e. The van der Waals surface area contributed by atoms with Gasteiger partial charge in [-0.3, -0.25) is 0 Å². The lowest BCUT2D eigenvalue weighted by molar-refractivity contribution is 0.530. The summed E-state index contributed by atoms with van der Waals surface area (Å²) in [4.78, 5) is 0. The SMILES string of the molecule is CC(C)CNCC1CCCCS1. The van der Waals surface area contributed by atoms with E-state index in [2.05, 4.69) is 30.9 Å². The summed E-state index contributed by atoms with van der Waals surface area (Å²) >= 11 is 2.15. The van der Waals surface area contributed by atoms with Crippen LogP contribution in [0.2, 0.25) is 0 Å². The normalized spacial score (nSPS) is 24.8. The first-order chi connectivity index (χ1) is 5.79. The van der Waals surface area contributed by atoms with Crippen molar-refractivity contribution in [2.45, 2.75) is 38.4 Å². The molecule has 0 aromatic heterocycles. The summed E-state index contributed by atoms with van der Waals surface area (Å²) in [5, 5.41) is 4.43. The van der Waals surface area contributed by atoms with Gasteiger partial charge in [0.2, 0.25) is 0 Å². The summed E-state index contributed by atoms with van der Waals surface area (Å²) in [6, 6.07) is 0. The van der Waals surface area contributed by atoms with Crippen molar-refractivity contribution in [1.29, 1.82) is 0 Å². The molecule has 1 aliphatic heterocycles. The zero-order valence-corrected chi connectivity index (χ0v) is 9.12. The van der Waals surface area contributed by atoms with Crippen molar-refractivity contribution in [3.63, 3.8) is 0 Å². The second-order valence-corrected chi connectivity index (χ2v) is 5.45. The molecule has 72 valence electrons. The van der Waals surface area contributed by atoms with Crippen LogP contribution in [-0.2, 0) is 0 Å². The summed E-state index contributed by atoms with van der Waals surface area (Å²) in [6.07, 6.45) is 4.31. The number of nitrogens with one attached hydrogen (secondary N) is 1. The molecular formula is C10H21NS. The largest absolute Gasteiger partial charge is 0.315 e. The summed E-state index contributed by atoms with van der Waals surface area (Å²) in [5.41, 5.74) is 0. The van der Waals surface area contributed by atoms with Crippen LogP contribution >= 0.6 is 11.8 Å². The van der Waals surface area contributed by atoms with Gasteiger partial charge < -0.3 is 5.32 Å². The van der Waals surface area contributed by atoms with Crippen LogP contribution in [0.4, 0.5) is 0 Å². The van der Waals surface area contributed by atoms with Crippen LogP contribution in [0.25, 0.3) is 0 Å². The molecule has 1 fully saturated rings. The van der Waals surface area contributed by atoms with Crippen LogP contribution in [-0.4, -0.2) is 24.1 Å². The molecule has 0 aromatic carbocycles. The lowest BCUT2D eigenvalue weighted by Crippen LogP contribution is -2.29. The second kappa shape index (κ2) is 5.87. The van der Waals surface area contributed by atoms with Crippen molar-refractivity contribution in [3.05, 3.63) is 0 Å². The molecule has 0 saturated carbocycles. The Morgan fingerprint density at radius 1 is 1.42 bits per heavy atom. The van der Waals surface area contributed by atoms with Gasteiger partial charge in [0.1, 0.15) is 0 Å². The molecule has 0 spiro atoms. The Kier molecular flexibility index (Phi) is 5.08. The molecule has 2 heteroatoms. The van der Waals surface area contributed by atoms with Crippen molar-refractivity contribution < 1.29 is 0 Å². The third kappa shape index (κ3) is 4.36. The van der Waals surface area contributed by atoms with Gasteiger partial charge in [-0.1, -0.05) is 20.3 Å². The second-order valence-electron chi connectivity index (χ2n) is 4.04. The molecule has 1 N–H and O–H groups in total. The molecule has 1 saturated heterocycles. The fraction of sp³-hybridized carbons (Fsp3) is 1.00. The average molecular weight is 187 g/mol. The Balaban J connectivity index is 1.98. The maximum atomic E-state index is 3.53. The van der Waals surface area contributed by atoms with Crippen LogP contribution in [0.1, 0.15) is 33.1 Å². The molecule has 0 bridgehead atoms. The van der Waals surface area contributed by atoms with E-state index in [1.54, 1.807) is 0 Å². The smallest absolute Gasteiger partial charge is 0.0172 e. The number of rotatable bonds is 4. The zero-order chi connectivity index (χ0) is 8.81. The van der Waals surface area contributed by atoms with Gasteiger partial charge in [-0.2, -0.15) is 11.8 Å². The Morgan fingerprint density at radius 3 is 2.83 bits per heavy atom. The Bertz CT molecular complexity index is 108. The van der Waals surface area contributed by atoms with E-state index in [9.17, 15) is 0 Å². The van der Waals surface area contributed by atoms with E-state index >= 15 is 0 Å². The first-order valence-electron chi connectivity index (χ1n) is 5.11. The minimum Gasteiger partial charge on any atom is -0.315 e. The third-order valence-corrected chi connectivity index (χ3v) is 3.60. The molecule has 0 aliphatic carbocycles. The fourth-order valence-electron chi connectivity index (χ4n) is 1.50. The molecule has 1 heterocycles. The van der Waals surface area contributed by atoms with Crippen LogP contribution in [0, 0.1) is 5.92 Å². The van der Waals surface area contributed by atoms with Crippen LogP contribution in [0.15, 0.2) is 0 Å². The summed E-state index contributed by atoms with van der Waals surface area (Å²) < 4.78 is 0. The van der Waals surface area contributed by atoms with E-state index < -0.39 is 0 Å². The van der Waals surface area contributed by atoms with Crippen molar-refractivity contribution in [2.75, 3.05) is 18.8 Å². The van der Waals surface area contributed by atoms with E-state index in [0.29, 0.717) is 0 Å². The van der Waals surface area contributed by atoms with E-state index in [1.807, 2.05) is 0 Å². The van der Waals surface area contributed by atoms with Crippen molar-refractivity contribution in [2.24, 2.45) is 5.92 Å². The molecule has 1 aliphatic rings. The van der Waals surface area contributed by atoms with Crippen LogP contribution < -0.4 is 5.32 Å². The van der Waals surface area contributed by atoms with Crippen molar-refractivity contribution >= 4 is 11.8 Å². The lowest BCUT2D eigenvalue weighted by atomic mass is 10.2. The van der Waals surface area contributed by atoms with Gasteiger partial charge >= 0.3 is 0 Å². The topological polar surface area (TPSA) is 12.0 Å². The first-order valence-corrected chi connectivity index (χ1v) is 6.16. The molecule has 12 heavy (non-hydrogen) atoms. The molecule has 1 atom stereocenters. The third-order valence-electron chi connectivity index (χ3n) is 2.20. The molecule has 0 radical (unpaired) electrons. The van der Waals surface area contributed by atoms with E-state index in [1.165, 1.54) is 38.1 Å². The highest BCUT2D eigenvalue weighted by Crippen LogP contribution is 2.24. The van der Waals surface area contributed by atoms with Crippen LogP contribution in [0.3, 0.4) is 0 Å². The molecule has 1 rings (SSSR count).